The summed E-state index contributed by atoms with van der Waals surface area (Å²) in [4.78, 5) is 23.8. The maximum Gasteiger partial charge on any atom is 0.255 e. The number of anilines is 2. The van der Waals surface area contributed by atoms with Gasteiger partial charge in [0.15, 0.2) is 5.78 Å². The quantitative estimate of drug-likeness (QED) is 0.738. The average Bonchev–Trinajstić information content (AvgIpc) is 2.55. The van der Waals surface area contributed by atoms with E-state index >= 15 is 0 Å². The second kappa shape index (κ2) is 6.87. The van der Waals surface area contributed by atoms with Gasteiger partial charge in [-0.25, -0.2) is 0 Å². The topological polar surface area (TPSA) is 98.2 Å². The van der Waals surface area contributed by atoms with Gasteiger partial charge < -0.3 is 16.8 Å². The summed E-state index contributed by atoms with van der Waals surface area (Å²) in [5, 5.41) is 2.75. The first-order valence-electron chi connectivity index (χ1n) is 7.07. The molecule has 0 saturated heterocycles. The van der Waals surface area contributed by atoms with Gasteiger partial charge in [-0.2, -0.15) is 0 Å². The van der Waals surface area contributed by atoms with E-state index in [1.54, 1.807) is 55.5 Å². The number of nitrogen functional groups attached to an aromatic ring is 1. The molecule has 5 N–H and O–H groups in total. The van der Waals surface area contributed by atoms with E-state index in [-0.39, 0.29) is 11.7 Å². The van der Waals surface area contributed by atoms with Gasteiger partial charge >= 0.3 is 0 Å². The zero-order chi connectivity index (χ0) is 16.1. The first kappa shape index (κ1) is 15.7. The Bertz CT molecular complexity index is 681. The molecule has 0 fully saturated rings. The SMILES string of the molecule is CCC(=O)C(N)c1ccc(C(=O)Nc2ccccc2N)cc1. The molecule has 0 heterocycles. The number of amides is 1. The van der Waals surface area contributed by atoms with Crippen molar-refractivity contribution in [2.24, 2.45) is 5.73 Å². The second-order valence-corrected chi connectivity index (χ2v) is 4.96. The van der Waals surface area contributed by atoms with E-state index < -0.39 is 6.04 Å². The van der Waals surface area contributed by atoms with Gasteiger partial charge in [-0.05, 0) is 29.8 Å². The highest BCUT2D eigenvalue weighted by Crippen LogP contribution is 2.19. The number of ketones is 1. The Morgan fingerprint density at radius 3 is 2.32 bits per heavy atom. The second-order valence-electron chi connectivity index (χ2n) is 4.96. The van der Waals surface area contributed by atoms with Crippen LogP contribution < -0.4 is 16.8 Å². The minimum atomic E-state index is -0.646. The van der Waals surface area contributed by atoms with E-state index in [2.05, 4.69) is 5.32 Å². The van der Waals surface area contributed by atoms with Crippen LogP contribution in [0.2, 0.25) is 0 Å². The molecule has 0 aliphatic carbocycles. The van der Waals surface area contributed by atoms with Crippen LogP contribution >= 0.6 is 0 Å². The lowest BCUT2D eigenvalue weighted by molar-refractivity contribution is -0.120. The van der Waals surface area contributed by atoms with Crippen LogP contribution in [-0.2, 0) is 4.79 Å². The molecular weight excluding hydrogens is 278 g/mol. The van der Waals surface area contributed by atoms with Gasteiger partial charge in [-0.1, -0.05) is 31.2 Å². The Morgan fingerprint density at radius 1 is 1.09 bits per heavy atom. The molecule has 22 heavy (non-hydrogen) atoms. The highest BCUT2D eigenvalue weighted by Gasteiger charge is 2.14. The fourth-order valence-corrected chi connectivity index (χ4v) is 2.05. The van der Waals surface area contributed by atoms with Gasteiger partial charge in [0.2, 0.25) is 0 Å². The molecule has 0 aliphatic rings. The Labute approximate surface area is 129 Å². The molecule has 0 bridgehead atoms. The third kappa shape index (κ3) is 3.51. The number of nitrogens with two attached hydrogens (primary N) is 2. The van der Waals surface area contributed by atoms with Crippen LogP contribution in [0.15, 0.2) is 48.5 Å². The van der Waals surface area contributed by atoms with E-state index in [0.717, 1.165) is 0 Å². The number of nitrogens with one attached hydrogen (secondary N) is 1. The number of Topliss-reactive ketones (excluding diaryl/α,β-unsaturated/α-hetero) is 1. The molecule has 2 aromatic rings. The van der Waals surface area contributed by atoms with Crippen molar-refractivity contribution in [1.29, 1.82) is 0 Å². The number of para-hydroxylation sites is 2. The van der Waals surface area contributed by atoms with Crippen molar-refractivity contribution in [2.75, 3.05) is 11.1 Å². The lowest BCUT2D eigenvalue weighted by Crippen LogP contribution is -2.20. The summed E-state index contributed by atoms with van der Waals surface area (Å²) in [6.45, 7) is 1.77. The Kier molecular flexibility index (Phi) is 4.91. The predicted octanol–water partition coefficient (Wildman–Crippen LogP) is 2.50. The highest BCUT2D eigenvalue weighted by molar-refractivity contribution is 6.05. The molecule has 5 heteroatoms. The summed E-state index contributed by atoms with van der Waals surface area (Å²) in [7, 11) is 0. The van der Waals surface area contributed by atoms with Gasteiger partial charge in [0, 0.05) is 12.0 Å². The van der Waals surface area contributed by atoms with E-state index in [4.69, 9.17) is 11.5 Å². The molecule has 1 amide bonds. The zero-order valence-corrected chi connectivity index (χ0v) is 12.4. The molecular formula is C17H19N3O2. The maximum atomic E-state index is 12.2. The first-order chi connectivity index (χ1) is 10.5. The minimum Gasteiger partial charge on any atom is -0.397 e. The van der Waals surface area contributed by atoms with Crippen molar-refractivity contribution in [3.8, 4) is 0 Å². The monoisotopic (exact) mass is 297 g/mol. The van der Waals surface area contributed by atoms with Crippen LogP contribution in [0.5, 0.6) is 0 Å². The molecule has 0 spiro atoms. The first-order valence-corrected chi connectivity index (χ1v) is 7.07. The third-order valence-corrected chi connectivity index (χ3v) is 3.44. The number of rotatable bonds is 5. The fourth-order valence-electron chi connectivity index (χ4n) is 2.05. The van der Waals surface area contributed by atoms with Crippen molar-refractivity contribution >= 4 is 23.1 Å². The van der Waals surface area contributed by atoms with Crippen LogP contribution in [0, 0.1) is 0 Å². The van der Waals surface area contributed by atoms with Crippen molar-refractivity contribution < 1.29 is 9.59 Å². The Balaban J connectivity index is 2.12. The van der Waals surface area contributed by atoms with Crippen LogP contribution in [0.1, 0.15) is 35.3 Å². The fraction of sp³-hybridized carbons (Fsp3) is 0.176. The van der Waals surface area contributed by atoms with Crippen LogP contribution in [0.3, 0.4) is 0 Å². The molecule has 0 aliphatic heterocycles. The third-order valence-electron chi connectivity index (χ3n) is 3.44. The summed E-state index contributed by atoms with van der Waals surface area (Å²) in [6.07, 6.45) is 0.386. The van der Waals surface area contributed by atoms with Crippen LogP contribution in [0.25, 0.3) is 0 Å². The summed E-state index contributed by atoms with van der Waals surface area (Å²) in [6, 6.07) is 13.1. The molecule has 2 rings (SSSR count). The average molecular weight is 297 g/mol. The molecule has 114 valence electrons. The molecule has 0 aromatic heterocycles. The van der Waals surface area contributed by atoms with E-state index in [1.165, 1.54) is 0 Å². The van der Waals surface area contributed by atoms with Gasteiger partial charge in [0.25, 0.3) is 5.91 Å². The number of carbonyl (C=O) groups excluding carboxylic acids is 2. The molecule has 5 nitrogen and oxygen atoms in total. The Morgan fingerprint density at radius 2 is 1.73 bits per heavy atom. The highest BCUT2D eigenvalue weighted by atomic mass is 16.1. The zero-order valence-electron chi connectivity index (χ0n) is 12.4. The van der Waals surface area contributed by atoms with Crippen molar-refractivity contribution in [1.82, 2.24) is 0 Å². The summed E-state index contributed by atoms with van der Waals surface area (Å²) >= 11 is 0. The number of benzene rings is 2. The Hall–Kier alpha value is -2.66. The van der Waals surface area contributed by atoms with E-state index in [1.807, 2.05) is 0 Å². The smallest absolute Gasteiger partial charge is 0.255 e. The molecule has 1 atom stereocenters. The van der Waals surface area contributed by atoms with Crippen molar-refractivity contribution in [3.63, 3.8) is 0 Å². The maximum absolute atomic E-state index is 12.2. The van der Waals surface area contributed by atoms with Gasteiger partial charge in [-0.15, -0.1) is 0 Å². The van der Waals surface area contributed by atoms with Gasteiger partial charge in [0.05, 0.1) is 17.4 Å². The van der Waals surface area contributed by atoms with Crippen LogP contribution in [0.4, 0.5) is 11.4 Å². The van der Waals surface area contributed by atoms with Gasteiger partial charge in [0.1, 0.15) is 0 Å². The normalized spacial score (nSPS) is 11.7. The van der Waals surface area contributed by atoms with E-state index in [0.29, 0.717) is 28.9 Å². The predicted molar refractivity (Wildman–Crippen MR) is 87.5 cm³/mol. The molecule has 0 radical (unpaired) electrons. The number of hydrogen-bond acceptors (Lipinski definition) is 4. The molecule has 2 aromatic carbocycles. The van der Waals surface area contributed by atoms with Crippen molar-refractivity contribution in [3.05, 3.63) is 59.7 Å². The summed E-state index contributed by atoms with van der Waals surface area (Å²) in [5.41, 5.74) is 13.9. The summed E-state index contributed by atoms with van der Waals surface area (Å²) in [5.74, 6) is -0.297. The van der Waals surface area contributed by atoms with Gasteiger partial charge in [-0.3, -0.25) is 9.59 Å². The van der Waals surface area contributed by atoms with Crippen LogP contribution in [-0.4, -0.2) is 11.7 Å². The molecule has 1 unspecified atom stereocenters. The van der Waals surface area contributed by atoms with Crippen molar-refractivity contribution in [2.45, 2.75) is 19.4 Å². The lowest BCUT2D eigenvalue weighted by Gasteiger charge is -2.11. The number of hydrogen-bond donors (Lipinski definition) is 3. The summed E-state index contributed by atoms with van der Waals surface area (Å²) < 4.78 is 0. The minimum absolute atomic E-state index is 0.0331. The standard InChI is InChI=1S/C17H19N3O2/c1-2-15(21)16(19)11-7-9-12(10-8-11)17(22)20-14-6-4-3-5-13(14)18/h3-10,16H,2,18-19H2,1H3,(H,20,22). The number of carbonyl (C=O) groups is 2. The largest absolute Gasteiger partial charge is 0.397 e. The lowest BCUT2D eigenvalue weighted by atomic mass is 10.0. The molecule has 0 saturated carbocycles. The van der Waals surface area contributed by atoms with E-state index in [9.17, 15) is 9.59 Å².